The van der Waals surface area contributed by atoms with Crippen LogP contribution in [0.2, 0.25) is 0 Å². The number of carbonyl (C=O) groups is 1. The van der Waals surface area contributed by atoms with Crippen molar-refractivity contribution in [3.05, 3.63) is 168 Å². The molecule has 83 heavy (non-hydrogen) atoms. The maximum atomic E-state index is 11.7. The molecule has 6 aromatic carbocycles. The molecule has 0 amide bonds. The smallest absolute Gasteiger partial charge is 0.162 e. The molecule has 0 aliphatic heterocycles. The Hall–Kier alpha value is -4.96. The van der Waals surface area contributed by atoms with Gasteiger partial charge in [-0.15, -0.1) is 0 Å². The van der Waals surface area contributed by atoms with Gasteiger partial charge in [0.05, 0.1) is 5.76 Å². The molecule has 0 unspecified atom stereocenters. The summed E-state index contributed by atoms with van der Waals surface area (Å²) in [6, 6.07) is 48.2. The minimum absolute atomic E-state index is 0. The molecule has 1 saturated carbocycles. The number of allylic oxidation sites excluding steroid dienone is 2. The van der Waals surface area contributed by atoms with Crippen LogP contribution < -0.4 is 0 Å². The van der Waals surface area contributed by atoms with E-state index in [0.717, 1.165) is 54.6 Å². The second kappa shape index (κ2) is 26.3. The van der Waals surface area contributed by atoms with E-state index < -0.39 is 0 Å². The van der Waals surface area contributed by atoms with Crippen molar-refractivity contribution < 1.29 is 30.0 Å². The third-order valence-corrected chi connectivity index (χ3v) is 22.1. The quantitative estimate of drug-likeness (QED) is 0.0607. The van der Waals surface area contributed by atoms with Crippen LogP contribution in [0.5, 0.6) is 0 Å². The second-order valence-electron chi connectivity index (χ2n) is 27.3. The number of aliphatic hydroxyl groups is 1. The molecule has 0 saturated heterocycles. The first-order valence-electron chi connectivity index (χ1n) is 30.4. The molecular weight excluding hydrogens is 1320 g/mol. The van der Waals surface area contributed by atoms with Gasteiger partial charge in [-0.1, -0.05) is 27.7 Å². The summed E-state index contributed by atoms with van der Waals surface area (Å²) in [5, 5.41) is 20.2. The zero-order valence-corrected chi connectivity index (χ0v) is 57.9. The van der Waals surface area contributed by atoms with Gasteiger partial charge in [-0.25, -0.2) is 0 Å². The van der Waals surface area contributed by atoms with Crippen molar-refractivity contribution in [2.45, 2.75) is 178 Å². The van der Waals surface area contributed by atoms with Crippen molar-refractivity contribution in [1.29, 1.82) is 0 Å². The zero-order valence-electron chi connectivity index (χ0n) is 52.1. The van der Waals surface area contributed by atoms with E-state index in [2.05, 4.69) is 197 Å². The molecule has 10 aromatic rings. The van der Waals surface area contributed by atoms with Crippen LogP contribution in [-0.2, 0) is 42.2 Å². The van der Waals surface area contributed by atoms with E-state index in [-0.39, 0.29) is 83.3 Å². The van der Waals surface area contributed by atoms with Crippen molar-refractivity contribution in [1.82, 2.24) is 9.97 Å². The summed E-state index contributed by atoms with van der Waals surface area (Å²) in [5.41, 5.74) is 11.1. The monoisotopic (exact) mass is 1410 g/mol. The first-order valence-corrected chi connectivity index (χ1v) is 33.8. The number of aromatic nitrogens is 2. The molecule has 4 aromatic heterocycles. The van der Waals surface area contributed by atoms with Crippen molar-refractivity contribution in [2.75, 3.05) is 0 Å². The van der Waals surface area contributed by atoms with Gasteiger partial charge in [0.25, 0.3) is 0 Å². The summed E-state index contributed by atoms with van der Waals surface area (Å²) >= 11 is 0.517. The fraction of sp³-hybridized carbons (Fsp3) is 0.408. The maximum absolute atomic E-state index is 11.7. The van der Waals surface area contributed by atoms with E-state index >= 15 is 0 Å². The van der Waals surface area contributed by atoms with Crippen molar-refractivity contribution in [2.24, 2.45) is 22.7 Å². The maximum Gasteiger partial charge on any atom is 0.162 e. The van der Waals surface area contributed by atoms with Gasteiger partial charge in [0.2, 0.25) is 0 Å². The molecule has 437 valence electrons. The Labute approximate surface area is 522 Å². The Balaban J connectivity index is 0.000000175. The molecule has 1 radical (unpaired) electrons. The third-order valence-electron chi connectivity index (χ3n) is 17.2. The summed E-state index contributed by atoms with van der Waals surface area (Å²) in [5.74, 6) is 1.26. The molecule has 4 nitrogen and oxygen atoms in total. The van der Waals surface area contributed by atoms with Crippen LogP contribution in [0.1, 0.15) is 183 Å². The third kappa shape index (κ3) is 14.7. The average molecular weight is 1410 g/mol. The number of aliphatic hydroxyl groups excluding tert-OH is 1. The number of pyridine rings is 2. The molecule has 7 heteroatoms. The van der Waals surface area contributed by atoms with E-state index in [1.807, 2.05) is 40.1 Å². The number of fused-ring (bicyclic) bond motifs is 8. The molecule has 1 aliphatic carbocycles. The van der Waals surface area contributed by atoms with Crippen LogP contribution >= 0.6 is 0 Å². The SMILES string of the molecule is CC(C)(C)Cc1ccc2c(c1)[se]c1c(-c3[c-]c4ccccc4c(C(C)(C)C)c3)nccc12.CC1(C)CCC(c2ccc3c(c2)[se]c2c(-c4[c-]c5ccccc5c(C(C)(C)C)c4)nccc23)CC1.CCC(CC)C(=O)/C=C(\O)C(CC)CC.[Ir]. The Morgan fingerprint density at radius 1 is 0.602 bits per heavy atom. The van der Waals surface area contributed by atoms with E-state index in [1.165, 1.54) is 109 Å². The van der Waals surface area contributed by atoms with Crippen LogP contribution in [0, 0.1) is 34.8 Å². The van der Waals surface area contributed by atoms with E-state index in [9.17, 15) is 9.90 Å². The van der Waals surface area contributed by atoms with Crippen LogP contribution in [0.15, 0.2) is 133 Å². The first kappa shape index (κ1) is 64.0. The number of nitrogens with zero attached hydrogens (tertiary/aromatic N) is 2. The Morgan fingerprint density at radius 3 is 1.52 bits per heavy atom. The van der Waals surface area contributed by atoms with Crippen LogP contribution in [-0.4, -0.2) is 49.9 Å². The number of carbonyl (C=O) groups excluding carboxylic acids is 1. The summed E-state index contributed by atoms with van der Waals surface area (Å²) in [7, 11) is 0. The predicted octanol–water partition coefficient (Wildman–Crippen LogP) is 20.9. The zero-order chi connectivity index (χ0) is 58.9. The predicted molar refractivity (Wildman–Crippen MR) is 355 cm³/mol. The van der Waals surface area contributed by atoms with Crippen molar-refractivity contribution in [3.63, 3.8) is 0 Å². The number of hydrogen-bond acceptors (Lipinski definition) is 4. The van der Waals surface area contributed by atoms with Gasteiger partial charge < -0.3 is 5.11 Å². The van der Waals surface area contributed by atoms with Gasteiger partial charge in [0.1, 0.15) is 0 Å². The molecule has 0 atom stereocenters. The molecule has 11 rings (SSSR count). The average Bonchev–Trinajstić information content (AvgIpc) is 2.58. The van der Waals surface area contributed by atoms with Gasteiger partial charge in [-0.05, 0) is 25.7 Å². The minimum Gasteiger partial charge on any atom is -0.512 e. The molecule has 1 aliphatic rings. The second-order valence-corrected chi connectivity index (χ2v) is 31.7. The van der Waals surface area contributed by atoms with E-state index in [4.69, 9.17) is 9.97 Å². The van der Waals surface area contributed by atoms with Gasteiger partial charge >= 0.3 is 413 Å². The normalized spacial score (nSPS) is 14.3. The number of rotatable bonds is 11. The number of benzene rings is 6. The number of hydrogen-bond donors (Lipinski definition) is 1. The van der Waals surface area contributed by atoms with Crippen LogP contribution in [0.3, 0.4) is 0 Å². The summed E-state index contributed by atoms with van der Waals surface area (Å²) < 4.78 is 5.83. The Morgan fingerprint density at radius 2 is 1.06 bits per heavy atom. The fourth-order valence-corrected chi connectivity index (χ4v) is 17.6. The van der Waals surface area contributed by atoms with E-state index in [1.54, 1.807) is 5.56 Å². The van der Waals surface area contributed by atoms with Gasteiger partial charge in [-0.2, -0.15) is 0 Å². The molecule has 0 bridgehead atoms. The summed E-state index contributed by atoms with van der Waals surface area (Å²) in [6.07, 6.45) is 15.3. The summed E-state index contributed by atoms with van der Waals surface area (Å²) in [6.45, 7) is 33.6. The van der Waals surface area contributed by atoms with Crippen LogP contribution in [0.4, 0.5) is 0 Å². The minimum atomic E-state index is 0. The topological polar surface area (TPSA) is 63.1 Å². The van der Waals surface area contributed by atoms with Gasteiger partial charge in [0.15, 0.2) is 5.78 Å². The van der Waals surface area contributed by atoms with Crippen LogP contribution in [0.25, 0.3) is 82.6 Å². The Kier molecular flexibility index (Phi) is 20.3. The standard InChI is InChI=1S/C33H34NSe.C30H30NSe.C13H24O2.Ir/c1-32(2,3)28-19-24(18-23-8-6-7-9-25(23)28)30-31-27(14-17-34-30)26-11-10-22(20-29(26)35-31)21-12-15-33(4,5)16-13-21;1-29(2,3)18-19-11-12-23-24-13-14-31-27(28(24)32-26(23)15-19)21-16-20-9-7-8-10-22(20)25(17-21)30(4,5)6;1-5-10(6-2)12(14)9-13(15)11(7-3)8-4;/h6-11,14,17,19-21H,12-13,15-16H2,1-5H3;7-15,17H,18H2,1-6H3;9-11,14H,5-8H2,1-4H3;/q2*-1;;/b;;12-9-;. The van der Waals surface area contributed by atoms with Gasteiger partial charge in [0, 0.05) is 38.0 Å². The number of ketones is 1. The Bertz CT molecular complexity index is 3930. The first-order chi connectivity index (χ1) is 38.9. The molecule has 0 spiro atoms. The van der Waals surface area contributed by atoms with Gasteiger partial charge in [-0.3, -0.25) is 4.79 Å². The van der Waals surface area contributed by atoms with Crippen molar-refractivity contribution >= 4 is 94.9 Å². The molecule has 4 heterocycles. The molecule has 1 fully saturated rings. The molecule has 1 N–H and O–H groups in total. The van der Waals surface area contributed by atoms with Crippen molar-refractivity contribution in [3.8, 4) is 22.5 Å². The fourth-order valence-electron chi connectivity index (χ4n) is 12.3. The molecular formula is C76H88IrN2O2Se2-2. The van der Waals surface area contributed by atoms with E-state index in [0.29, 0.717) is 16.7 Å². The largest absolute Gasteiger partial charge is 0.512 e. The summed E-state index contributed by atoms with van der Waals surface area (Å²) in [4.78, 5) is 21.6.